The van der Waals surface area contributed by atoms with Gasteiger partial charge in [0.2, 0.25) is 0 Å². The van der Waals surface area contributed by atoms with Crippen LogP contribution in [0.15, 0.2) is 54.6 Å². The summed E-state index contributed by atoms with van der Waals surface area (Å²) in [4.78, 5) is 0. The fourth-order valence-electron chi connectivity index (χ4n) is 1.53. The Kier molecular flexibility index (Phi) is 4.55. The molecule has 0 heterocycles. The van der Waals surface area contributed by atoms with Crippen molar-refractivity contribution >= 4 is 5.69 Å². The van der Waals surface area contributed by atoms with Gasteiger partial charge in [-0.15, -0.1) is 12.7 Å². The van der Waals surface area contributed by atoms with Crippen LogP contribution in [0.25, 0.3) is 16.4 Å². The van der Waals surface area contributed by atoms with Gasteiger partial charge in [0.1, 0.15) is 0 Å². The van der Waals surface area contributed by atoms with Crippen molar-refractivity contribution in [2.45, 2.75) is 0 Å². The third-order valence-electron chi connectivity index (χ3n) is 2.23. The molecular weight excluding hydrogens is 277 g/mol. The Morgan fingerprint density at radius 2 is 1.40 bits per heavy atom. The van der Waals surface area contributed by atoms with E-state index in [9.17, 15) is 0 Å². The molecule has 2 aromatic carbocycles. The van der Waals surface area contributed by atoms with E-state index in [2.05, 4.69) is 23.5 Å². The van der Waals surface area contributed by atoms with E-state index in [1.54, 1.807) is 0 Å². The number of hydrogen-bond acceptors (Lipinski definition) is 0. The zero-order chi connectivity index (χ0) is 9.80. The molecule has 0 aliphatic carbocycles. The molecule has 0 radical (unpaired) electrons. The maximum atomic E-state index is 4.25. The second-order valence-corrected chi connectivity index (χ2v) is 3.11. The third-order valence-corrected chi connectivity index (χ3v) is 2.23. The number of para-hydroxylation sites is 1. The van der Waals surface area contributed by atoms with Gasteiger partial charge in [-0.2, -0.15) is 0 Å². The zero-order valence-electron chi connectivity index (χ0n) is 8.46. The van der Waals surface area contributed by atoms with Crippen LogP contribution in [0.3, 0.4) is 0 Å². The van der Waals surface area contributed by atoms with Crippen LogP contribution in [0.5, 0.6) is 0 Å². The quantitative estimate of drug-likeness (QED) is 0.742. The van der Waals surface area contributed by atoms with Crippen molar-refractivity contribution in [2.24, 2.45) is 0 Å². The average Bonchev–Trinajstić information content (AvgIpc) is 2.30. The number of nitrogens with zero attached hydrogens (tertiary/aromatic N) is 1. The van der Waals surface area contributed by atoms with E-state index < -0.39 is 0 Å². The Morgan fingerprint density at radius 3 is 2.07 bits per heavy atom. The smallest absolute Gasteiger partial charge is 0.686 e. The molecule has 0 aliphatic rings. The second kappa shape index (κ2) is 5.70. The van der Waals surface area contributed by atoms with Crippen LogP contribution in [-0.4, -0.2) is 7.05 Å². The summed E-state index contributed by atoms with van der Waals surface area (Å²) in [5.74, 6) is 0. The third kappa shape index (κ3) is 2.68. The fraction of sp³-hybridized carbons (Fsp3) is 0.0769. The minimum Gasteiger partial charge on any atom is -0.686 e. The summed E-state index contributed by atoms with van der Waals surface area (Å²) in [5, 5.41) is 4.25. The molecule has 0 saturated heterocycles. The molecule has 2 heteroatoms. The van der Waals surface area contributed by atoms with Crippen LogP contribution < -0.4 is 0 Å². The van der Waals surface area contributed by atoms with E-state index in [-0.39, 0.29) is 20.4 Å². The standard InChI is InChI=1S/C13H12N.Pd/c1-14-13-10-6-5-9-12(13)11-7-3-2-4-8-11;/h2-10H,1H3;/q-1;+2. The Hall–Kier alpha value is -1.10. The van der Waals surface area contributed by atoms with Crippen molar-refractivity contribution < 1.29 is 20.4 Å². The molecule has 15 heavy (non-hydrogen) atoms. The molecular formula is C13H12NPd+. The molecule has 78 valence electrons. The van der Waals surface area contributed by atoms with Gasteiger partial charge in [-0.3, -0.25) is 0 Å². The molecule has 1 nitrogen and oxygen atoms in total. The Morgan fingerprint density at radius 1 is 0.800 bits per heavy atom. The molecule has 0 N–H and O–H groups in total. The minimum absolute atomic E-state index is 0. The van der Waals surface area contributed by atoms with E-state index in [1.807, 2.05) is 43.4 Å². The van der Waals surface area contributed by atoms with E-state index in [0.717, 1.165) is 5.69 Å². The topological polar surface area (TPSA) is 14.1 Å². The van der Waals surface area contributed by atoms with Crippen molar-refractivity contribution in [2.75, 3.05) is 7.05 Å². The summed E-state index contributed by atoms with van der Waals surface area (Å²) in [7, 11) is 1.82. The second-order valence-electron chi connectivity index (χ2n) is 3.11. The van der Waals surface area contributed by atoms with E-state index >= 15 is 0 Å². The van der Waals surface area contributed by atoms with Crippen LogP contribution in [0.1, 0.15) is 0 Å². The summed E-state index contributed by atoms with van der Waals surface area (Å²) in [6, 6.07) is 18.5. The normalized spacial score (nSPS) is 9.13. The van der Waals surface area contributed by atoms with Gasteiger partial charge in [-0.05, 0) is 11.1 Å². The number of hydrogen-bond donors (Lipinski definition) is 0. The Balaban J connectivity index is 0.00000112. The van der Waals surface area contributed by atoms with Gasteiger partial charge in [0.25, 0.3) is 0 Å². The number of rotatable bonds is 2. The van der Waals surface area contributed by atoms with Crippen molar-refractivity contribution in [3.63, 3.8) is 0 Å². The van der Waals surface area contributed by atoms with Gasteiger partial charge in [-0.25, -0.2) is 0 Å². The van der Waals surface area contributed by atoms with Gasteiger partial charge >= 0.3 is 20.4 Å². The fourth-order valence-corrected chi connectivity index (χ4v) is 1.53. The molecule has 0 amide bonds. The van der Waals surface area contributed by atoms with E-state index in [4.69, 9.17) is 0 Å². The molecule has 0 unspecified atom stereocenters. The predicted molar refractivity (Wildman–Crippen MR) is 60.8 cm³/mol. The molecule has 0 aromatic heterocycles. The molecule has 0 bridgehead atoms. The van der Waals surface area contributed by atoms with Gasteiger partial charge < -0.3 is 5.32 Å². The summed E-state index contributed by atoms with van der Waals surface area (Å²) in [6.45, 7) is 0. The summed E-state index contributed by atoms with van der Waals surface area (Å²) < 4.78 is 0. The van der Waals surface area contributed by atoms with Crippen molar-refractivity contribution in [1.82, 2.24) is 0 Å². The van der Waals surface area contributed by atoms with Crippen LogP contribution in [0, 0.1) is 0 Å². The molecule has 0 spiro atoms. The first kappa shape index (κ1) is 12.0. The summed E-state index contributed by atoms with van der Waals surface area (Å²) >= 11 is 0. The summed E-state index contributed by atoms with van der Waals surface area (Å²) in [5.41, 5.74) is 3.45. The monoisotopic (exact) mass is 288 g/mol. The Labute approximate surface area is 104 Å². The maximum absolute atomic E-state index is 4.25. The van der Waals surface area contributed by atoms with Gasteiger partial charge in [0.15, 0.2) is 0 Å². The predicted octanol–water partition coefficient (Wildman–Crippen LogP) is 3.99. The van der Waals surface area contributed by atoms with Gasteiger partial charge in [0, 0.05) is 0 Å². The molecule has 0 fully saturated rings. The summed E-state index contributed by atoms with van der Waals surface area (Å²) in [6.07, 6.45) is 0. The van der Waals surface area contributed by atoms with Crippen molar-refractivity contribution in [3.8, 4) is 11.1 Å². The first-order chi connectivity index (χ1) is 6.92. The van der Waals surface area contributed by atoms with Crippen molar-refractivity contribution in [1.29, 1.82) is 0 Å². The molecule has 2 rings (SSSR count). The largest absolute Gasteiger partial charge is 2.00 e. The molecule has 0 atom stereocenters. The van der Waals surface area contributed by atoms with Crippen LogP contribution >= 0.6 is 0 Å². The van der Waals surface area contributed by atoms with E-state index in [1.165, 1.54) is 11.1 Å². The first-order valence-electron chi connectivity index (χ1n) is 4.66. The number of benzene rings is 2. The minimum atomic E-state index is 0. The molecule has 0 saturated carbocycles. The van der Waals surface area contributed by atoms with Crippen LogP contribution in [0.4, 0.5) is 5.69 Å². The zero-order valence-corrected chi connectivity index (χ0v) is 10.0. The first-order valence-corrected chi connectivity index (χ1v) is 4.66. The SMILES string of the molecule is C[N-]c1ccccc1-c1ccccc1.[Pd+2]. The average molecular weight is 289 g/mol. The maximum Gasteiger partial charge on any atom is 2.00 e. The van der Waals surface area contributed by atoms with Crippen LogP contribution in [-0.2, 0) is 20.4 Å². The van der Waals surface area contributed by atoms with Crippen LogP contribution in [0.2, 0.25) is 0 Å². The van der Waals surface area contributed by atoms with Gasteiger partial charge in [0.05, 0.1) is 0 Å². The molecule has 2 aromatic rings. The van der Waals surface area contributed by atoms with Gasteiger partial charge in [-0.1, -0.05) is 54.6 Å². The molecule has 0 aliphatic heterocycles. The van der Waals surface area contributed by atoms with E-state index in [0.29, 0.717) is 0 Å². The van der Waals surface area contributed by atoms with Crippen molar-refractivity contribution in [3.05, 3.63) is 59.9 Å². The Bertz CT molecular complexity index is 412.